The molecule has 0 bridgehead atoms. The maximum Gasteiger partial charge on any atom is 0.185 e. The number of aromatic nitrogens is 1. The lowest BCUT2D eigenvalue weighted by atomic mass is 10.1. The van der Waals surface area contributed by atoms with Crippen molar-refractivity contribution < 1.29 is 4.52 Å². The highest BCUT2D eigenvalue weighted by atomic mass is 35.5. The fraction of sp³-hybridized carbons (Fsp3) is 0.222. The number of fused-ring (bicyclic) bond motifs is 1. The van der Waals surface area contributed by atoms with Gasteiger partial charge in [-0.05, 0) is 19.1 Å². The fourth-order valence-corrected chi connectivity index (χ4v) is 1.84. The van der Waals surface area contributed by atoms with Crippen molar-refractivity contribution in [2.75, 3.05) is 0 Å². The largest absolute Gasteiger partial charge is 0.354 e. The van der Waals surface area contributed by atoms with E-state index in [1.165, 1.54) is 0 Å². The van der Waals surface area contributed by atoms with Crippen LogP contribution in [0, 0.1) is 0 Å². The van der Waals surface area contributed by atoms with Gasteiger partial charge in [-0.3, -0.25) is 0 Å². The zero-order valence-corrected chi connectivity index (χ0v) is 10.2. The number of nitrogens with zero attached hydrogens (tertiary/aromatic N) is 1. The van der Waals surface area contributed by atoms with Gasteiger partial charge in [-0.2, -0.15) is 0 Å². The first kappa shape index (κ1) is 12.6. The first-order valence-corrected chi connectivity index (χ1v) is 4.85. The molecule has 1 atom stereocenters. The summed E-state index contributed by atoms with van der Waals surface area (Å²) >= 11 is 11.8. The molecule has 15 heavy (non-hydrogen) atoms. The molecular weight excluding hydrogens is 258 g/mol. The molecule has 0 aliphatic carbocycles. The van der Waals surface area contributed by atoms with E-state index in [4.69, 9.17) is 33.5 Å². The Kier molecular flexibility index (Phi) is 3.84. The summed E-state index contributed by atoms with van der Waals surface area (Å²) in [5, 5.41) is 5.63. The van der Waals surface area contributed by atoms with Crippen LogP contribution in [0.5, 0.6) is 0 Å². The second-order valence-electron chi connectivity index (χ2n) is 3.12. The van der Waals surface area contributed by atoms with Gasteiger partial charge < -0.3 is 10.3 Å². The van der Waals surface area contributed by atoms with E-state index in [1.54, 1.807) is 12.1 Å². The number of halogens is 3. The first-order chi connectivity index (χ1) is 6.59. The second-order valence-corrected chi connectivity index (χ2v) is 3.96. The van der Waals surface area contributed by atoms with Crippen LogP contribution in [0.3, 0.4) is 0 Å². The van der Waals surface area contributed by atoms with Crippen LogP contribution < -0.4 is 5.73 Å². The van der Waals surface area contributed by atoms with Gasteiger partial charge in [-0.15, -0.1) is 12.4 Å². The maximum atomic E-state index is 5.92. The molecule has 2 N–H and O–H groups in total. The van der Waals surface area contributed by atoms with Crippen molar-refractivity contribution in [1.29, 1.82) is 0 Å². The number of hydrogen-bond acceptors (Lipinski definition) is 3. The molecule has 0 aliphatic rings. The molecule has 2 rings (SSSR count). The van der Waals surface area contributed by atoms with Crippen molar-refractivity contribution in [3.8, 4) is 0 Å². The van der Waals surface area contributed by atoms with Gasteiger partial charge in [-0.25, -0.2) is 0 Å². The van der Waals surface area contributed by atoms with E-state index in [0.717, 1.165) is 5.39 Å². The van der Waals surface area contributed by atoms with Gasteiger partial charge in [0.05, 0.1) is 5.02 Å². The predicted molar refractivity (Wildman–Crippen MR) is 63.9 cm³/mol. The number of benzene rings is 1. The van der Waals surface area contributed by atoms with E-state index in [9.17, 15) is 0 Å². The Balaban J connectivity index is 0.00000112. The molecule has 6 heteroatoms. The van der Waals surface area contributed by atoms with Crippen LogP contribution in [-0.4, -0.2) is 5.16 Å². The molecule has 1 aromatic carbocycles. The molecule has 0 radical (unpaired) electrons. The molecular formula is C9H9Cl3N2O. The van der Waals surface area contributed by atoms with Gasteiger partial charge in [0, 0.05) is 16.5 Å². The third-order valence-electron chi connectivity index (χ3n) is 1.95. The van der Waals surface area contributed by atoms with Crippen LogP contribution in [0.15, 0.2) is 16.7 Å². The van der Waals surface area contributed by atoms with Crippen molar-refractivity contribution in [2.24, 2.45) is 5.73 Å². The average Bonchev–Trinajstić information content (AvgIpc) is 2.47. The molecule has 1 unspecified atom stereocenters. The zero-order chi connectivity index (χ0) is 10.3. The minimum Gasteiger partial charge on any atom is -0.354 e. The molecule has 0 amide bonds. The molecule has 82 valence electrons. The van der Waals surface area contributed by atoms with Gasteiger partial charge in [0.2, 0.25) is 0 Å². The van der Waals surface area contributed by atoms with E-state index in [0.29, 0.717) is 21.3 Å². The van der Waals surface area contributed by atoms with Crippen molar-refractivity contribution in [1.82, 2.24) is 5.16 Å². The topological polar surface area (TPSA) is 52.0 Å². The Morgan fingerprint density at radius 3 is 2.67 bits per heavy atom. The highest BCUT2D eigenvalue weighted by molar-refractivity contribution is 6.38. The Labute approximate surface area is 103 Å². The Hall–Kier alpha value is -0.480. The summed E-state index contributed by atoms with van der Waals surface area (Å²) in [6.45, 7) is 1.83. The summed E-state index contributed by atoms with van der Waals surface area (Å²) in [5.41, 5.74) is 6.92. The molecule has 3 nitrogen and oxygen atoms in total. The monoisotopic (exact) mass is 266 g/mol. The van der Waals surface area contributed by atoms with Crippen molar-refractivity contribution in [3.63, 3.8) is 0 Å². The third kappa shape index (κ3) is 2.21. The summed E-state index contributed by atoms with van der Waals surface area (Å²) < 4.78 is 5.08. The highest BCUT2D eigenvalue weighted by Crippen LogP contribution is 2.31. The highest BCUT2D eigenvalue weighted by Gasteiger charge is 2.14. The normalized spacial score (nSPS) is 12.5. The standard InChI is InChI=1S/C9H8Cl2N2O.ClH/c1-4(12)8-6-2-5(10)3-7(11)9(6)14-13-8;/h2-4H,12H2,1H3;1H. The van der Waals surface area contributed by atoms with E-state index in [1.807, 2.05) is 6.92 Å². The molecule has 2 aromatic rings. The minimum atomic E-state index is -0.203. The molecule has 0 saturated carbocycles. The molecule has 1 aromatic heterocycles. The third-order valence-corrected chi connectivity index (χ3v) is 2.45. The van der Waals surface area contributed by atoms with Gasteiger partial charge in [0.1, 0.15) is 5.69 Å². The zero-order valence-electron chi connectivity index (χ0n) is 7.83. The van der Waals surface area contributed by atoms with Crippen molar-refractivity contribution in [3.05, 3.63) is 27.9 Å². The summed E-state index contributed by atoms with van der Waals surface area (Å²) in [6, 6.07) is 3.16. The first-order valence-electron chi connectivity index (χ1n) is 4.09. The minimum absolute atomic E-state index is 0. The predicted octanol–water partition coefficient (Wildman–Crippen LogP) is 3.58. The van der Waals surface area contributed by atoms with E-state index in [2.05, 4.69) is 5.16 Å². The van der Waals surface area contributed by atoms with E-state index < -0.39 is 0 Å². The van der Waals surface area contributed by atoms with Crippen LogP contribution in [0.2, 0.25) is 10.0 Å². The van der Waals surface area contributed by atoms with E-state index >= 15 is 0 Å². The summed E-state index contributed by atoms with van der Waals surface area (Å²) in [5.74, 6) is 0. The number of rotatable bonds is 1. The molecule has 0 spiro atoms. The Bertz CT molecular complexity index is 481. The quantitative estimate of drug-likeness (QED) is 0.859. The lowest BCUT2D eigenvalue weighted by molar-refractivity contribution is 0.440. The van der Waals surface area contributed by atoms with Crippen LogP contribution in [0.25, 0.3) is 11.0 Å². The van der Waals surface area contributed by atoms with Crippen molar-refractivity contribution >= 4 is 46.6 Å². The Morgan fingerprint density at radius 2 is 2.07 bits per heavy atom. The average molecular weight is 268 g/mol. The molecule has 1 heterocycles. The van der Waals surface area contributed by atoms with Gasteiger partial charge in [0.25, 0.3) is 0 Å². The Morgan fingerprint density at radius 1 is 1.40 bits per heavy atom. The van der Waals surface area contributed by atoms with E-state index in [-0.39, 0.29) is 18.4 Å². The molecule has 0 fully saturated rings. The lowest BCUT2D eigenvalue weighted by Crippen LogP contribution is -2.05. The lowest BCUT2D eigenvalue weighted by Gasteiger charge is -1.99. The SMILES string of the molecule is CC(N)c1noc2c(Cl)cc(Cl)cc12.Cl. The van der Waals surface area contributed by atoms with Gasteiger partial charge in [-0.1, -0.05) is 28.4 Å². The van der Waals surface area contributed by atoms with Crippen LogP contribution in [0.4, 0.5) is 0 Å². The van der Waals surface area contributed by atoms with Crippen LogP contribution >= 0.6 is 35.6 Å². The molecule has 0 aliphatic heterocycles. The van der Waals surface area contributed by atoms with Crippen molar-refractivity contribution in [2.45, 2.75) is 13.0 Å². The number of nitrogens with two attached hydrogens (primary N) is 1. The summed E-state index contributed by atoms with van der Waals surface area (Å²) in [6.07, 6.45) is 0. The maximum absolute atomic E-state index is 5.92. The fourth-order valence-electron chi connectivity index (χ4n) is 1.32. The summed E-state index contributed by atoms with van der Waals surface area (Å²) in [4.78, 5) is 0. The molecule has 0 saturated heterocycles. The van der Waals surface area contributed by atoms with Gasteiger partial charge >= 0.3 is 0 Å². The summed E-state index contributed by atoms with van der Waals surface area (Å²) in [7, 11) is 0. The van der Waals surface area contributed by atoms with Crippen LogP contribution in [0.1, 0.15) is 18.7 Å². The van der Waals surface area contributed by atoms with Gasteiger partial charge in [0.15, 0.2) is 5.58 Å². The van der Waals surface area contributed by atoms with Crippen LogP contribution in [-0.2, 0) is 0 Å². The second kappa shape index (κ2) is 4.58. The smallest absolute Gasteiger partial charge is 0.185 e. The number of hydrogen-bond donors (Lipinski definition) is 1.